The molecule has 5 aromatic heterocycles. The lowest BCUT2D eigenvalue weighted by Gasteiger charge is -2.33. The minimum atomic E-state index is 0.714. The van der Waals surface area contributed by atoms with Crippen LogP contribution in [-0.2, 0) is 6.54 Å². The van der Waals surface area contributed by atoms with Gasteiger partial charge in [0.2, 0.25) is 0 Å². The van der Waals surface area contributed by atoms with Crippen LogP contribution in [0.1, 0.15) is 5.56 Å². The standard InChI is InChI=1S/C25H28N10/c1-33(2)15-16-10-17(13-26-12-16)20-11-18-21(14-28-20)31-32-22(18)24-29-19-4-5-27-25(23(19)30-24)35-8-6-34(3)7-9-35/h4-5,10-14H,6-9,15H2,1-3H3,(H,29,30)(H,31,32). The van der Waals surface area contributed by atoms with Crippen molar-refractivity contribution in [3.8, 4) is 22.8 Å². The maximum Gasteiger partial charge on any atom is 0.159 e. The molecule has 178 valence electrons. The predicted molar refractivity (Wildman–Crippen MR) is 137 cm³/mol. The van der Waals surface area contributed by atoms with Gasteiger partial charge in [-0.25, -0.2) is 9.97 Å². The first-order valence-electron chi connectivity index (χ1n) is 11.8. The fourth-order valence-corrected chi connectivity index (χ4v) is 4.62. The fraction of sp³-hybridized carbons (Fsp3) is 0.320. The first-order chi connectivity index (χ1) is 17.0. The molecule has 0 bridgehead atoms. The Labute approximate surface area is 203 Å². The van der Waals surface area contributed by atoms with Gasteiger partial charge in [0.15, 0.2) is 11.6 Å². The summed E-state index contributed by atoms with van der Waals surface area (Å²) in [7, 11) is 6.25. The van der Waals surface area contributed by atoms with Crippen LogP contribution >= 0.6 is 0 Å². The Balaban J connectivity index is 1.39. The number of fused-ring (bicyclic) bond motifs is 2. The van der Waals surface area contributed by atoms with Crippen molar-refractivity contribution < 1.29 is 0 Å². The Bertz CT molecular complexity index is 1490. The Morgan fingerprint density at radius 2 is 1.86 bits per heavy atom. The van der Waals surface area contributed by atoms with Crippen molar-refractivity contribution in [1.29, 1.82) is 0 Å². The lowest BCUT2D eigenvalue weighted by molar-refractivity contribution is 0.312. The van der Waals surface area contributed by atoms with E-state index >= 15 is 0 Å². The average Bonchev–Trinajstić information content (AvgIpc) is 3.48. The summed E-state index contributed by atoms with van der Waals surface area (Å²) in [4.78, 5) is 28.9. The first-order valence-corrected chi connectivity index (χ1v) is 11.8. The zero-order valence-corrected chi connectivity index (χ0v) is 20.2. The van der Waals surface area contributed by atoms with Crippen LogP contribution < -0.4 is 4.90 Å². The number of imidazole rings is 1. The van der Waals surface area contributed by atoms with Gasteiger partial charge in [-0.3, -0.25) is 15.1 Å². The SMILES string of the molecule is CN(C)Cc1cncc(-c2cc3c(-c4nc5c(N6CCN(C)CC6)nccc5[nH]4)n[nH]c3cn2)c1. The second-order valence-corrected chi connectivity index (χ2v) is 9.41. The molecule has 35 heavy (non-hydrogen) atoms. The molecule has 1 aliphatic rings. The average molecular weight is 469 g/mol. The highest BCUT2D eigenvalue weighted by molar-refractivity contribution is 5.96. The zero-order valence-electron chi connectivity index (χ0n) is 20.2. The third-order valence-corrected chi connectivity index (χ3v) is 6.45. The number of piperazine rings is 1. The van der Waals surface area contributed by atoms with Crippen LogP contribution in [0.15, 0.2) is 43.0 Å². The number of aromatic nitrogens is 7. The topological polar surface area (TPSA) is 106 Å². The van der Waals surface area contributed by atoms with Crippen molar-refractivity contribution in [3.63, 3.8) is 0 Å². The smallest absolute Gasteiger partial charge is 0.159 e. The Kier molecular flexibility index (Phi) is 5.39. The molecule has 1 aliphatic heterocycles. The van der Waals surface area contributed by atoms with Gasteiger partial charge in [-0.15, -0.1) is 0 Å². The molecular formula is C25H28N10. The van der Waals surface area contributed by atoms with E-state index < -0.39 is 0 Å². The van der Waals surface area contributed by atoms with Crippen molar-refractivity contribution >= 4 is 27.8 Å². The Morgan fingerprint density at radius 3 is 2.69 bits per heavy atom. The van der Waals surface area contributed by atoms with Crippen molar-refractivity contribution in [2.24, 2.45) is 0 Å². The number of aromatic amines is 2. The van der Waals surface area contributed by atoms with Crippen LogP contribution in [0.25, 0.3) is 44.7 Å². The highest BCUT2D eigenvalue weighted by Gasteiger charge is 2.21. The van der Waals surface area contributed by atoms with Gasteiger partial charge in [-0.05, 0) is 44.9 Å². The monoisotopic (exact) mass is 468 g/mol. The van der Waals surface area contributed by atoms with E-state index in [-0.39, 0.29) is 0 Å². The minimum Gasteiger partial charge on any atom is -0.352 e. The van der Waals surface area contributed by atoms with Crippen molar-refractivity contribution in [3.05, 3.63) is 48.5 Å². The van der Waals surface area contributed by atoms with Crippen LogP contribution in [0.5, 0.6) is 0 Å². The zero-order chi connectivity index (χ0) is 23.9. The third kappa shape index (κ3) is 4.11. The van der Waals surface area contributed by atoms with Gasteiger partial charge in [-0.2, -0.15) is 5.10 Å². The van der Waals surface area contributed by atoms with E-state index in [1.165, 1.54) is 0 Å². The van der Waals surface area contributed by atoms with Gasteiger partial charge in [0.05, 0.1) is 22.9 Å². The highest BCUT2D eigenvalue weighted by Crippen LogP contribution is 2.31. The van der Waals surface area contributed by atoms with Gasteiger partial charge in [0.1, 0.15) is 11.2 Å². The van der Waals surface area contributed by atoms with Crippen LogP contribution in [0.4, 0.5) is 5.82 Å². The van der Waals surface area contributed by atoms with Gasteiger partial charge in [-0.1, -0.05) is 0 Å². The molecule has 0 unspecified atom stereocenters. The van der Waals surface area contributed by atoms with E-state index in [1.807, 2.05) is 44.9 Å². The van der Waals surface area contributed by atoms with Crippen molar-refractivity contribution in [2.45, 2.75) is 6.54 Å². The van der Waals surface area contributed by atoms with E-state index in [4.69, 9.17) is 4.98 Å². The molecule has 0 atom stereocenters. The molecule has 1 saturated heterocycles. The van der Waals surface area contributed by atoms with E-state index in [0.29, 0.717) is 5.82 Å². The molecule has 0 spiro atoms. The molecule has 0 radical (unpaired) electrons. The summed E-state index contributed by atoms with van der Waals surface area (Å²) in [6.07, 6.45) is 7.41. The number of rotatable bonds is 5. The predicted octanol–water partition coefficient (Wildman–Crippen LogP) is 2.77. The maximum atomic E-state index is 4.95. The number of likely N-dealkylation sites (N-methyl/N-ethyl adjacent to an activating group) is 1. The van der Waals surface area contributed by atoms with Crippen LogP contribution in [-0.4, -0.2) is 92.2 Å². The van der Waals surface area contributed by atoms with Gasteiger partial charge in [0, 0.05) is 62.3 Å². The lowest BCUT2D eigenvalue weighted by Crippen LogP contribution is -2.44. The van der Waals surface area contributed by atoms with E-state index in [2.05, 4.69) is 64.0 Å². The Hall–Kier alpha value is -3.89. The van der Waals surface area contributed by atoms with E-state index in [0.717, 1.165) is 83.0 Å². The fourth-order valence-electron chi connectivity index (χ4n) is 4.62. The maximum absolute atomic E-state index is 4.95. The summed E-state index contributed by atoms with van der Waals surface area (Å²) < 4.78 is 0. The third-order valence-electron chi connectivity index (χ3n) is 6.45. The summed E-state index contributed by atoms with van der Waals surface area (Å²) in [6, 6.07) is 6.16. The van der Waals surface area contributed by atoms with Gasteiger partial charge < -0.3 is 19.7 Å². The Morgan fingerprint density at radius 1 is 1.00 bits per heavy atom. The van der Waals surface area contributed by atoms with Crippen LogP contribution in [0.3, 0.4) is 0 Å². The van der Waals surface area contributed by atoms with Gasteiger partial charge >= 0.3 is 0 Å². The first kappa shape index (κ1) is 21.6. The number of hydrogen-bond donors (Lipinski definition) is 2. The molecule has 0 saturated carbocycles. The van der Waals surface area contributed by atoms with Crippen molar-refractivity contribution in [2.75, 3.05) is 52.2 Å². The molecule has 6 rings (SSSR count). The molecular weight excluding hydrogens is 440 g/mol. The molecule has 2 N–H and O–H groups in total. The molecule has 10 nitrogen and oxygen atoms in total. The number of hydrogen-bond acceptors (Lipinski definition) is 8. The summed E-state index contributed by atoms with van der Waals surface area (Å²) >= 11 is 0. The number of pyridine rings is 3. The summed E-state index contributed by atoms with van der Waals surface area (Å²) in [6.45, 7) is 4.72. The number of anilines is 1. The molecule has 0 aliphatic carbocycles. The molecule has 5 aromatic rings. The van der Waals surface area contributed by atoms with Crippen molar-refractivity contribution in [1.82, 2.24) is 44.9 Å². The molecule has 0 amide bonds. The lowest BCUT2D eigenvalue weighted by atomic mass is 10.1. The molecule has 0 aromatic carbocycles. The number of H-pyrrole nitrogens is 2. The second kappa shape index (κ2) is 8.71. The van der Waals surface area contributed by atoms with E-state index in [1.54, 1.807) is 0 Å². The minimum absolute atomic E-state index is 0.714. The van der Waals surface area contributed by atoms with Gasteiger partial charge in [0.25, 0.3) is 0 Å². The number of nitrogens with one attached hydrogen (secondary N) is 2. The summed E-state index contributed by atoms with van der Waals surface area (Å²) in [5.74, 6) is 1.63. The summed E-state index contributed by atoms with van der Waals surface area (Å²) in [5, 5.41) is 8.65. The summed E-state index contributed by atoms with van der Waals surface area (Å²) in [5.41, 5.74) is 6.42. The van der Waals surface area contributed by atoms with Crippen LogP contribution in [0.2, 0.25) is 0 Å². The second-order valence-electron chi connectivity index (χ2n) is 9.41. The molecule has 10 heteroatoms. The number of nitrogens with zero attached hydrogens (tertiary/aromatic N) is 8. The normalized spacial score (nSPS) is 15.0. The van der Waals surface area contributed by atoms with E-state index in [9.17, 15) is 0 Å². The highest BCUT2D eigenvalue weighted by atomic mass is 15.3. The molecule has 1 fully saturated rings. The quantitative estimate of drug-likeness (QED) is 0.406. The molecule has 6 heterocycles. The largest absolute Gasteiger partial charge is 0.352 e. The van der Waals surface area contributed by atoms with Crippen LogP contribution in [0, 0.1) is 0 Å².